The molecule has 3 nitrogen and oxygen atoms in total. The Hall–Kier alpha value is -0.390. The molecule has 1 heterocycles. The predicted octanol–water partition coefficient (Wildman–Crippen LogP) is 1.87. The first kappa shape index (κ1) is 12.7. The van der Waals surface area contributed by atoms with Crippen LogP contribution < -0.4 is 4.72 Å². The third-order valence-electron chi connectivity index (χ3n) is 2.16. The van der Waals surface area contributed by atoms with E-state index in [1.165, 1.54) is 4.88 Å². The highest BCUT2D eigenvalue weighted by atomic mass is 32.2. The lowest BCUT2D eigenvalue weighted by Gasteiger charge is -2.11. The summed E-state index contributed by atoms with van der Waals surface area (Å²) in [7, 11) is -3.04. The lowest BCUT2D eigenvalue weighted by atomic mass is 10.1. The van der Waals surface area contributed by atoms with Gasteiger partial charge in [-0.3, -0.25) is 0 Å². The minimum atomic E-state index is -3.04. The summed E-state index contributed by atoms with van der Waals surface area (Å²) in [5, 5.41) is 2.04. The van der Waals surface area contributed by atoms with Crippen molar-refractivity contribution in [3.05, 3.63) is 22.4 Å². The number of rotatable bonds is 6. The molecular formula is C10H17NO2S2. The van der Waals surface area contributed by atoms with Gasteiger partial charge in [0.05, 0.1) is 5.75 Å². The van der Waals surface area contributed by atoms with Crippen molar-refractivity contribution in [2.24, 2.45) is 5.92 Å². The van der Waals surface area contributed by atoms with Crippen LogP contribution in [0.5, 0.6) is 0 Å². The maximum absolute atomic E-state index is 11.2. The van der Waals surface area contributed by atoms with Crippen molar-refractivity contribution in [1.29, 1.82) is 0 Å². The number of sulfonamides is 1. The summed E-state index contributed by atoms with van der Waals surface area (Å²) in [4.78, 5) is 1.30. The average molecular weight is 247 g/mol. The molecule has 0 amide bonds. The molecule has 0 aliphatic carbocycles. The molecule has 1 aromatic heterocycles. The van der Waals surface area contributed by atoms with Gasteiger partial charge in [0.2, 0.25) is 10.0 Å². The van der Waals surface area contributed by atoms with Gasteiger partial charge < -0.3 is 0 Å². The molecule has 1 atom stereocenters. The van der Waals surface area contributed by atoms with Gasteiger partial charge in [0.25, 0.3) is 0 Å². The summed E-state index contributed by atoms with van der Waals surface area (Å²) in [5.74, 6) is 0.489. The van der Waals surface area contributed by atoms with Crippen molar-refractivity contribution in [3.8, 4) is 0 Å². The Morgan fingerprint density at radius 3 is 2.80 bits per heavy atom. The molecule has 0 fully saturated rings. The summed E-state index contributed by atoms with van der Waals surface area (Å²) in [6.45, 7) is 4.22. The highest BCUT2D eigenvalue weighted by molar-refractivity contribution is 7.89. The summed E-state index contributed by atoms with van der Waals surface area (Å²) in [5.41, 5.74) is 0. The van der Waals surface area contributed by atoms with Crippen molar-refractivity contribution >= 4 is 21.4 Å². The van der Waals surface area contributed by atoms with Gasteiger partial charge in [0.15, 0.2) is 0 Å². The molecular weight excluding hydrogens is 230 g/mol. The molecule has 0 radical (unpaired) electrons. The molecule has 1 rings (SSSR count). The van der Waals surface area contributed by atoms with Gasteiger partial charge in [-0.1, -0.05) is 13.0 Å². The monoisotopic (exact) mass is 247 g/mol. The highest BCUT2D eigenvalue weighted by Crippen LogP contribution is 2.13. The van der Waals surface area contributed by atoms with E-state index in [-0.39, 0.29) is 5.75 Å². The molecule has 0 unspecified atom stereocenters. The van der Waals surface area contributed by atoms with Gasteiger partial charge in [0.1, 0.15) is 0 Å². The normalized spacial score (nSPS) is 14.0. The molecule has 1 aromatic rings. The van der Waals surface area contributed by atoms with Crippen LogP contribution in [0.3, 0.4) is 0 Å². The highest BCUT2D eigenvalue weighted by Gasteiger charge is 2.10. The summed E-state index contributed by atoms with van der Waals surface area (Å²) < 4.78 is 25.0. The Morgan fingerprint density at radius 1 is 1.53 bits per heavy atom. The molecule has 0 aliphatic rings. The zero-order chi connectivity index (χ0) is 11.3. The fourth-order valence-corrected chi connectivity index (χ4v) is 2.83. The Morgan fingerprint density at radius 2 is 2.27 bits per heavy atom. The van der Waals surface area contributed by atoms with Crippen LogP contribution in [0.25, 0.3) is 0 Å². The fraction of sp³-hybridized carbons (Fsp3) is 0.600. The van der Waals surface area contributed by atoms with E-state index in [1.54, 1.807) is 18.3 Å². The summed E-state index contributed by atoms with van der Waals surface area (Å²) in [6.07, 6.45) is 0.934. The van der Waals surface area contributed by atoms with Crippen molar-refractivity contribution in [1.82, 2.24) is 4.72 Å². The van der Waals surface area contributed by atoms with Crippen LogP contribution in [0.15, 0.2) is 17.5 Å². The number of hydrogen-bond acceptors (Lipinski definition) is 3. The molecule has 1 N–H and O–H groups in total. The zero-order valence-corrected chi connectivity index (χ0v) is 10.7. The van der Waals surface area contributed by atoms with Crippen LogP contribution in [0, 0.1) is 5.92 Å². The smallest absolute Gasteiger partial charge is 0.211 e. The zero-order valence-electron chi connectivity index (χ0n) is 9.06. The van der Waals surface area contributed by atoms with Crippen LogP contribution in [0.2, 0.25) is 0 Å². The van der Waals surface area contributed by atoms with Gasteiger partial charge in [-0.15, -0.1) is 11.3 Å². The molecule has 0 aliphatic heterocycles. The van der Waals surface area contributed by atoms with Gasteiger partial charge in [-0.2, -0.15) is 0 Å². The second-order valence-corrected chi connectivity index (χ2v) is 6.77. The quantitative estimate of drug-likeness (QED) is 0.834. The first-order chi connectivity index (χ1) is 7.03. The first-order valence-corrected chi connectivity index (χ1v) is 7.56. The standard InChI is InChI=1S/C10H17NO2S2/c1-3-15(12,13)11-8-9(2)7-10-5-4-6-14-10/h4-6,9,11H,3,7-8H2,1-2H3/t9-/m0/s1. The van der Waals surface area contributed by atoms with Gasteiger partial charge >= 0.3 is 0 Å². The van der Waals surface area contributed by atoms with Crippen LogP contribution in [-0.2, 0) is 16.4 Å². The lowest BCUT2D eigenvalue weighted by Crippen LogP contribution is -2.30. The third-order valence-corrected chi connectivity index (χ3v) is 4.43. The molecule has 5 heteroatoms. The van der Waals surface area contributed by atoms with Gasteiger partial charge in [-0.25, -0.2) is 13.1 Å². The molecule has 0 aromatic carbocycles. The number of nitrogens with one attached hydrogen (secondary N) is 1. The number of hydrogen-bond donors (Lipinski definition) is 1. The average Bonchev–Trinajstić information content (AvgIpc) is 2.68. The van der Waals surface area contributed by atoms with E-state index in [9.17, 15) is 8.42 Å². The van der Waals surface area contributed by atoms with Crippen molar-refractivity contribution in [2.45, 2.75) is 20.3 Å². The maximum atomic E-state index is 11.2. The van der Waals surface area contributed by atoms with E-state index >= 15 is 0 Å². The Balaban J connectivity index is 2.34. The van der Waals surface area contributed by atoms with E-state index in [0.29, 0.717) is 12.5 Å². The van der Waals surface area contributed by atoms with Crippen molar-refractivity contribution < 1.29 is 8.42 Å². The molecule has 0 saturated carbocycles. The predicted molar refractivity (Wildman–Crippen MR) is 64.7 cm³/mol. The second-order valence-electron chi connectivity index (χ2n) is 3.64. The van der Waals surface area contributed by atoms with E-state index in [1.807, 2.05) is 11.4 Å². The molecule has 0 spiro atoms. The van der Waals surface area contributed by atoms with Crippen LogP contribution in [0.1, 0.15) is 18.7 Å². The van der Waals surface area contributed by atoms with Gasteiger partial charge in [-0.05, 0) is 30.7 Å². The van der Waals surface area contributed by atoms with Crippen LogP contribution in [-0.4, -0.2) is 20.7 Å². The minimum absolute atomic E-state index is 0.152. The Labute approximate surface area is 95.6 Å². The maximum Gasteiger partial charge on any atom is 0.211 e. The Bertz CT molecular complexity index is 370. The summed E-state index contributed by atoms with van der Waals surface area (Å²) >= 11 is 1.71. The summed E-state index contributed by atoms with van der Waals surface area (Å²) in [6, 6.07) is 4.10. The van der Waals surface area contributed by atoms with Gasteiger partial charge in [0, 0.05) is 11.4 Å². The molecule has 0 bridgehead atoms. The lowest BCUT2D eigenvalue weighted by molar-refractivity contribution is 0.540. The van der Waals surface area contributed by atoms with Crippen LogP contribution in [0.4, 0.5) is 0 Å². The van der Waals surface area contributed by atoms with Crippen molar-refractivity contribution in [3.63, 3.8) is 0 Å². The van der Waals surface area contributed by atoms with Crippen LogP contribution >= 0.6 is 11.3 Å². The van der Waals surface area contributed by atoms with E-state index < -0.39 is 10.0 Å². The van der Waals surface area contributed by atoms with E-state index in [4.69, 9.17) is 0 Å². The van der Waals surface area contributed by atoms with E-state index in [0.717, 1.165) is 6.42 Å². The fourth-order valence-electron chi connectivity index (χ4n) is 1.22. The SMILES string of the molecule is CCS(=O)(=O)NC[C@@H](C)Cc1cccs1. The molecule has 86 valence electrons. The molecule has 0 saturated heterocycles. The topological polar surface area (TPSA) is 46.2 Å². The largest absolute Gasteiger partial charge is 0.215 e. The first-order valence-electron chi connectivity index (χ1n) is 5.03. The van der Waals surface area contributed by atoms with E-state index in [2.05, 4.69) is 17.7 Å². The Kier molecular flexibility index (Phi) is 4.76. The minimum Gasteiger partial charge on any atom is -0.215 e. The second kappa shape index (κ2) is 5.63. The van der Waals surface area contributed by atoms with Crippen molar-refractivity contribution in [2.75, 3.05) is 12.3 Å². The number of thiophene rings is 1. The third kappa shape index (κ3) is 4.77. The molecule has 15 heavy (non-hydrogen) atoms.